The lowest BCUT2D eigenvalue weighted by Gasteiger charge is -2.34. The molecular formula is C15H21ClN4O3S2. The molecule has 1 atom stereocenters. The minimum atomic E-state index is -3.54. The smallest absolute Gasteiger partial charge is 0.253 e. The van der Waals surface area contributed by atoms with Crippen LogP contribution < -0.4 is 5.73 Å². The summed E-state index contributed by atoms with van der Waals surface area (Å²) in [5.41, 5.74) is 5.74. The number of piperidine rings is 1. The summed E-state index contributed by atoms with van der Waals surface area (Å²) in [4.78, 5) is 4.47. The van der Waals surface area contributed by atoms with E-state index in [0.29, 0.717) is 28.9 Å². The Hall–Kier alpha value is -1.00. The van der Waals surface area contributed by atoms with Crippen LogP contribution in [0, 0.1) is 0 Å². The van der Waals surface area contributed by atoms with Crippen molar-refractivity contribution in [3.63, 3.8) is 0 Å². The van der Waals surface area contributed by atoms with Crippen molar-refractivity contribution in [2.75, 3.05) is 6.54 Å². The van der Waals surface area contributed by atoms with Crippen LogP contribution in [0.4, 0.5) is 0 Å². The van der Waals surface area contributed by atoms with Gasteiger partial charge < -0.3 is 10.3 Å². The van der Waals surface area contributed by atoms with Gasteiger partial charge in [-0.05, 0) is 43.6 Å². The minimum absolute atomic E-state index is 0. The Bertz CT molecular complexity index is 818. The molecule has 2 fully saturated rings. The lowest BCUT2D eigenvalue weighted by molar-refractivity contribution is 0.201. The van der Waals surface area contributed by atoms with E-state index in [0.717, 1.165) is 32.1 Å². The first-order valence-electron chi connectivity index (χ1n) is 8.19. The zero-order chi connectivity index (χ0) is 16.8. The molecule has 0 radical (unpaired) electrons. The fourth-order valence-electron chi connectivity index (χ4n) is 3.32. The zero-order valence-electron chi connectivity index (χ0n) is 13.6. The normalized spacial score (nSPS) is 23.6. The zero-order valence-corrected chi connectivity index (χ0v) is 16.1. The number of aromatic nitrogens is 2. The maximum Gasteiger partial charge on any atom is 0.253 e. The molecule has 2 aliphatic rings. The SMILES string of the molecule is Cl.NC1(c2noc(C3CCCCN3S(=O)(=O)c3cccs3)n2)CCC1. The number of nitrogens with two attached hydrogens (primary N) is 1. The van der Waals surface area contributed by atoms with Gasteiger partial charge in [-0.15, -0.1) is 23.7 Å². The van der Waals surface area contributed by atoms with Crippen molar-refractivity contribution in [3.05, 3.63) is 29.2 Å². The van der Waals surface area contributed by atoms with E-state index in [4.69, 9.17) is 10.3 Å². The highest BCUT2D eigenvalue weighted by molar-refractivity contribution is 7.91. The number of halogens is 1. The van der Waals surface area contributed by atoms with Crippen LogP contribution in [-0.4, -0.2) is 29.4 Å². The van der Waals surface area contributed by atoms with E-state index in [2.05, 4.69) is 10.1 Å². The molecule has 0 spiro atoms. The van der Waals surface area contributed by atoms with E-state index in [1.807, 2.05) is 0 Å². The van der Waals surface area contributed by atoms with Crippen LogP contribution in [0.2, 0.25) is 0 Å². The summed E-state index contributed by atoms with van der Waals surface area (Å²) in [5, 5.41) is 5.80. The average molecular weight is 405 g/mol. The predicted molar refractivity (Wildman–Crippen MR) is 96.1 cm³/mol. The summed E-state index contributed by atoms with van der Waals surface area (Å²) in [5.74, 6) is 0.865. The Morgan fingerprint density at radius 3 is 2.76 bits per heavy atom. The van der Waals surface area contributed by atoms with Crippen LogP contribution >= 0.6 is 23.7 Å². The molecule has 1 unspecified atom stereocenters. The highest BCUT2D eigenvalue weighted by Gasteiger charge is 2.42. The summed E-state index contributed by atoms with van der Waals surface area (Å²) in [6.07, 6.45) is 5.20. The van der Waals surface area contributed by atoms with Gasteiger partial charge in [0, 0.05) is 6.54 Å². The van der Waals surface area contributed by atoms with E-state index in [-0.39, 0.29) is 12.4 Å². The van der Waals surface area contributed by atoms with Gasteiger partial charge in [0.1, 0.15) is 10.3 Å². The molecule has 25 heavy (non-hydrogen) atoms. The van der Waals surface area contributed by atoms with Crippen molar-refractivity contribution < 1.29 is 12.9 Å². The number of sulfonamides is 1. The molecule has 4 rings (SSSR count). The van der Waals surface area contributed by atoms with Crippen LogP contribution in [-0.2, 0) is 15.6 Å². The molecule has 2 aromatic heterocycles. The Morgan fingerprint density at radius 2 is 2.12 bits per heavy atom. The van der Waals surface area contributed by atoms with Crippen molar-refractivity contribution in [2.24, 2.45) is 5.73 Å². The molecule has 1 saturated carbocycles. The molecule has 0 amide bonds. The first kappa shape index (κ1) is 18.8. The van der Waals surface area contributed by atoms with Gasteiger partial charge in [0.2, 0.25) is 5.89 Å². The third kappa shape index (κ3) is 3.23. The van der Waals surface area contributed by atoms with Crippen LogP contribution in [0.1, 0.15) is 56.3 Å². The molecule has 1 saturated heterocycles. The van der Waals surface area contributed by atoms with E-state index >= 15 is 0 Å². The van der Waals surface area contributed by atoms with Crippen molar-refractivity contribution in [1.29, 1.82) is 0 Å². The van der Waals surface area contributed by atoms with Gasteiger partial charge in [-0.25, -0.2) is 8.42 Å². The van der Waals surface area contributed by atoms with E-state index < -0.39 is 21.6 Å². The first-order chi connectivity index (χ1) is 11.5. The van der Waals surface area contributed by atoms with Gasteiger partial charge >= 0.3 is 0 Å². The Morgan fingerprint density at radius 1 is 1.32 bits per heavy atom. The highest BCUT2D eigenvalue weighted by Crippen LogP contribution is 2.39. The predicted octanol–water partition coefficient (Wildman–Crippen LogP) is 2.81. The van der Waals surface area contributed by atoms with Gasteiger partial charge in [0.25, 0.3) is 10.0 Å². The number of nitrogens with zero attached hydrogens (tertiary/aromatic N) is 3. The van der Waals surface area contributed by atoms with E-state index in [1.165, 1.54) is 15.6 Å². The minimum Gasteiger partial charge on any atom is -0.337 e. The summed E-state index contributed by atoms with van der Waals surface area (Å²) < 4.78 is 33.1. The number of hydrogen-bond acceptors (Lipinski definition) is 7. The second-order valence-corrected chi connectivity index (χ2v) is 9.59. The second kappa shape index (κ2) is 6.96. The fourth-order valence-corrected chi connectivity index (χ4v) is 6.09. The van der Waals surface area contributed by atoms with Crippen molar-refractivity contribution in [2.45, 2.75) is 54.3 Å². The van der Waals surface area contributed by atoms with Crippen LogP contribution in [0.3, 0.4) is 0 Å². The quantitative estimate of drug-likeness (QED) is 0.840. The third-order valence-corrected chi connectivity index (χ3v) is 8.21. The number of hydrogen-bond donors (Lipinski definition) is 1. The molecule has 0 aromatic carbocycles. The maximum absolute atomic E-state index is 12.9. The molecular weight excluding hydrogens is 384 g/mol. The van der Waals surface area contributed by atoms with E-state index in [9.17, 15) is 8.42 Å². The lowest BCUT2D eigenvalue weighted by Crippen LogP contribution is -2.44. The van der Waals surface area contributed by atoms with Crippen LogP contribution in [0.25, 0.3) is 0 Å². The third-order valence-electron chi connectivity index (χ3n) is 4.93. The number of rotatable bonds is 4. The summed E-state index contributed by atoms with van der Waals surface area (Å²) >= 11 is 1.23. The molecule has 7 nitrogen and oxygen atoms in total. The van der Waals surface area contributed by atoms with Crippen molar-refractivity contribution in [3.8, 4) is 0 Å². The van der Waals surface area contributed by atoms with Crippen LogP contribution in [0.5, 0.6) is 0 Å². The maximum atomic E-state index is 12.9. The molecule has 138 valence electrons. The summed E-state index contributed by atoms with van der Waals surface area (Å²) in [7, 11) is -3.54. The standard InChI is InChI=1S/C15H20N4O3S2.ClH/c16-15(7-4-8-15)14-17-13(22-18-14)11-5-1-2-9-19(11)24(20,21)12-6-3-10-23-12;/h3,6,10-11H,1-2,4-5,7-9,16H2;1H. The van der Waals surface area contributed by atoms with Gasteiger partial charge in [-0.3, -0.25) is 0 Å². The molecule has 1 aliphatic carbocycles. The lowest BCUT2D eigenvalue weighted by atomic mass is 9.77. The highest BCUT2D eigenvalue weighted by atomic mass is 35.5. The van der Waals surface area contributed by atoms with Crippen LogP contribution in [0.15, 0.2) is 26.2 Å². The van der Waals surface area contributed by atoms with Gasteiger partial charge in [0.15, 0.2) is 5.82 Å². The molecule has 10 heteroatoms. The monoisotopic (exact) mass is 404 g/mol. The fraction of sp³-hybridized carbons (Fsp3) is 0.600. The Kier molecular flexibility index (Phi) is 5.23. The molecule has 3 heterocycles. The largest absolute Gasteiger partial charge is 0.337 e. The van der Waals surface area contributed by atoms with Crippen molar-refractivity contribution in [1.82, 2.24) is 14.4 Å². The molecule has 2 aromatic rings. The summed E-state index contributed by atoms with van der Waals surface area (Å²) in [6, 6.07) is 2.97. The van der Waals surface area contributed by atoms with Gasteiger partial charge in [-0.2, -0.15) is 9.29 Å². The first-order valence-corrected chi connectivity index (χ1v) is 10.5. The summed E-state index contributed by atoms with van der Waals surface area (Å²) in [6.45, 7) is 0.469. The van der Waals surface area contributed by atoms with E-state index in [1.54, 1.807) is 17.5 Å². The Balaban J connectivity index is 0.00000182. The molecule has 0 bridgehead atoms. The second-order valence-electron chi connectivity index (χ2n) is 6.53. The molecule has 2 N–H and O–H groups in total. The average Bonchev–Trinajstić information content (AvgIpc) is 3.24. The molecule has 1 aliphatic heterocycles. The Labute approximate surface area is 157 Å². The van der Waals surface area contributed by atoms with Gasteiger partial charge in [-0.1, -0.05) is 17.6 Å². The number of thiophene rings is 1. The topological polar surface area (TPSA) is 102 Å². The van der Waals surface area contributed by atoms with Gasteiger partial charge in [0.05, 0.1) is 5.54 Å². The van der Waals surface area contributed by atoms with Crippen molar-refractivity contribution >= 4 is 33.8 Å².